The standard InChI is InChI=1S/C16H26N2O5S2/c1-23-14-6-3-11-17-24(19,20)15-7-9-16(10-8-15)25(21,22)18-12-4-2-5-13-18/h7-10,17H,2-6,11-14H2,1H3. The molecule has 1 N–H and O–H groups in total. The number of unbranched alkanes of at least 4 members (excludes halogenated alkanes) is 1. The van der Waals surface area contributed by atoms with Gasteiger partial charge in [0.2, 0.25) is 20.0 Å². The normalized spacial score (nSPS) is 16.8. The summed E-state index contributed by atoms with van der Waals surface area (Å²) in [5.74, 6) is 0. The van der Waals surface area contributed by atoms with Crippen LogP contribution in [0.3, 0.4) is 0 Å². The molecular formula is C16H26N2O5S2. The van der Waals surface area contributed by atoms with E-state index >= 15 is 0 Å². The van der Waals surface area contributed by atoms with E-state index in [0.29, 0.717) is 32.7 Å². The van der Waals surface area contributed by atoms with Crippen molar-refractivity contribution in [1.82, 2.24) is 9.03 Å². The number of ether oxygens (including phenoxy) is 1. The molecule has 1 aliphatic heterocycles. The zero-order valence-electron chi connectivity index (χ0n) is 14.5. The van der Waals surface area contributed by atoms with Crippen LogP contribution in [-0.4, -0.2) is 54.5 Å². The van der Waals surface area contributed by atoms with Gasteiger partial charge in [0.1, 0.15) is 0 Å². The second-order valence-electron chi connectivity index (χ2n) is 6.03. The number of sulfonamides is 2. The topological polar surface area (TPSA) is 92.8 Å². The van der Waals surface area contributed by atoms with Crippen molar-refractivity contribution in [2.45, 2.75) is 41.9 Å². The molecule has 0 amide bonds. The fourth-order valence-electron chi connectivity index (χ4n) is 2.71. The quantitative estimate of drug-likeness (QED) is 0.646. The first-order chi connectivity index (χ1) is 11.9. The Labute approximate surface area is 150 Å². The number of methoxy groups -OCH3 is 1. The van der Waals surface area contributed by atoms with Gasteiger partial charge in [-0.3, -0.25) is 0 Å². The highest BCUT2D eigenvalue weighted by Gasteiger charge is 2.26. The van der Waals surface area contributed by atoms with E-state index in [4.69, 9.17) is 4.74 Å². The Kier molecular flexibility index (Phi) is 7.38. The number of hydrogen-bond donors (Lipinski definition) is 1. The largest absolute Gasteiger partial charge is 0.385 e. The van der Waals surface area contributed by atoms with Crippen LogP contribution in [0.15, 0.2) is 34.1 Å². The maximum absolute atomic E-state index is 12.6. The lowest BCUT2D eigenvalue weighted by atomic mass is 10.2. The number of benzene rings is 1. The number of rotatable bonds is 9. The summed E-state index contributed by atoms with van der Waals surface area (Å²) in [5.41, 5.74) is 0. The second-order valence-corrected chi connectivity index (χ2v) is 9.74. The molecule has 9 heteroatoms. The molecule has 0 aromatic heterocycles. The van der Waals surface area contributed by atoms with Gasteiger partial charge in [0, 0.05) is 33.4 Å². The molecule has 7 nitrogen and oxygen atoms in total. The van der Waals surface area contributed by atoms with E-state index in [9.17, 15) is 16.8 Å². The fourth-order valence-corrected chi connectivity index (χ4v) is 5.30. The first-order valence-corrected chi connectivity index (χ1v) is 11.4. The zero-order valence-corrected chi connectivity index (χ0v) is 16.1. The smallest absolute Gasteiger partial charge is 0.243 e. The third-order valence-electron chi connectivity index (χ3n) is 4.15. The Morgan fingerprint density at radius 3 is 2.16 bits per heavy atom. The summed E-state index contributed by atoms with van der Waals surface area (Å²) in [7, 11) is -5.58. The second kappa shape index (κ2) is 9.09. The SMILES string of the molecule is COCCCCNS(=O)(=O)c1ccc(S(=O)(=O)N2CCCCC2)cc1. The maximum Gasteiger partial charge on any atom is 0.243 e. The molecule has 1 aromatic carbocycles. The summed E-state index contributed by atoms with van der Waals surface area (Å²) in [6.45, 7) is 1.95. The van der Waals surface area contributed by atoms with Gasteiger partial charge in [-0.25, -0.2) is 21.6 Å². The van der Waals surface area contributed by atoms with Crippen molar-refractivity contribution in [2.75, 3.05) is 33.4 Å². The van der Waals surface area contributed by atoms with Gasteiger partial charge in [-0.1, -0.05) is 6.42 Å². The van der Waals surface area contributed by atoms with E-state index < -0.39 is 20.0 Å². The average Bonchev–Trinajstić information content (AvgIpc) is 2.62. The third-order valence-corrected chi connectivity index (χ3v) is 7.54. The van der Waals surface area contributed by atoms with Gasteiger partial charge in [-0.2, -0.15) is 4.31 Å². The highest BCUT2D eigenvalue weighted by Crippen LogP contribution is 2.21. The van der Waals surface area contributed by atoms with Crippen molar-refractivity contribution < 1.29 is 21.6 Å². The lowest BCUT2D eigenvalue weighted by Gasteiger charge is -2.25. The van der Waals surface area contributed by atoms with E-state index in [0.717, 1.165) is 25.7 Å². The van der Waals surface area contributed by atoms with Crippen LogP contribution < -0.4 is 4.72 Å². The molecule has 25 heavy (non-hydrogen) atoms. The maximum atomic E-state index is 12.6. The van der Waals surface area contributed by atoms with Gasteiger partial charge >= 0.3 is 0 Å². The predicted octanol–water partition coefficient (Wildman–Crippen LogP) is 1.57. The first-order valence-electron chi connectivity index (χ1n) is 8.47. The molecule has 0 saturated carbocycles. The monoisotopic (exact) mass is 390 g/mol. The van der Waals surface area contributed by atoms with Gasteiger partial charge in [-0.05, 0) is 49.9 Å². The van der Waals surface area contributed by atoms with Crippen LogP contribution in [-0.2, 0) is 24.8 Å². The fraction of sp³-hybridized carbons (Fsp3) is 0.625. The molecule has 1 heterocycles. The van der Waals surface area contributed by atoms with E-state index in [1.807, 2.05) is 0 Å². The molecule has 0 bridgehead atoms. The summed E-state index contributed by atoms with van der Waals surface area (Å²) in [5, 5.41) is 0. The first kappa shape index (κ1) is 20.3. The van der Waals surface area contributed by atoms with Crippen LogP contribution in [0.1, 0.15) is 32.1 Å². The van der Waals surface area contributed by atoms with Crippen LogP contribution in [0.5, 0.6) is 0 Å². The number of piperidine rings is 1. The third kappa shape index (κ3) is 5.49. The van der Waals surface area contributed by atoms with Crippen LogP contribution in [0.4, 0.5) is 0 Å². The van der Waals surface area contributed by atoms with Crippen molar-refractivity contribution in [3.05, 3.63) is 24.3 Å². The molecule has 0 spiro atoms. The Hall–Kier alpha value is -1.00. The minimum Gasteiger partial charge on any atom is -0.385 e. The van der Waals surface area contributed by atoms with Crippen LogP contribution in [0.25, 0.3) is 0 Å². The Bertz CT molecular complexity index is 739. The van der Waals surface area contributed by atoms with Gasteiger partial charge in [0.05, 0.1) is 9.79 Å². The molecular weight excluding hydrogens is 364 g/mol. The van der Waals surface area contributed by atoms with Crippen LogP contribution in [0.2, 0.25) is 0 Å². The number of nitrogens with zero attached hydrogens (tertiary/aromatic N) is 1. The zero-order chi connectivity index (χ0) is 18.3. The molecule has 2 rings (SSSR count). The highest BCUT2D eigenvalue weighted by molar-refractivity contribution is 7.89. The molecule has 0 aliphatic carbocycles. The molecule has 142 valence electrons. The Balaban J connectivity index is 2.03. The predicted molar refractivity (Wildman–Crippen MR) is 95.4 cm³/mol. The van der Waals surface area contributed by atoms with Crippen molar-refractivity contribution in [3.63, 3.8) is 0 Å². The van der Waals surface area contributed by atoms with E-state index in [2.05, 4.69) is 4.72 Å². The summed E-state index contributed by atoms with van der Waals surface area (Å²) in [4.78, 5) is 0.199. The molecule has 1 aliphatic rings. The highest BCUT2D eigenvalue weighted by atomic mass is 32.2. The van der Waals surface area contributed by atoms with E-state index in [1.165, 1.54) is 28.6 Å². The average molecular weight is 391 g/mol. The lowest BCUT2D eigenvalue weighted by molar-refractivity contribution is 0.193. The number of hydrogen-bond acceptors (Lipinski definition) is 5. The van der Waals surface area contributed by atoms with Crippen molar-refractivity contribution in [1.29, 1.82) is 0 Å². The minimum absolute atomic E-state index is 0.0665. The molecule has 1 aromatic rings. The van der Waals surface area contributed by atoms with Crippen molar-refractivity contribution >= 4 is 20.0 Å². The van der Waals surface area contributed by atoms with Crippen molar-refractivity contribution in [3.8, 4) is 0 Å². The van der Waals surface area contributed by atoms with Crippen molar-refractivity contribution in [2.24, 2.45) is 0 Å². The summed E-state index contributed by atoms with van der Waals surface area (Å²) < 4.78 is 58.5. The van der Waals surface area contributed by atoms with Crippen LogP contribution >= 0.6 is 0 Å². The van der Waals surface area contributed by atoms with Gasteiger partial charge in [0.15, 0.2) is 0 Å². The molecule has 0 atom stereocenters. The Morgan fingerprint density at radius 2 is 1.56 bits per heavy atom. The molecule has 0 radical (unpaired) electrons. The van der Waals surface area contributed by atoms with Gasteiger partial charge in [0.25, 0.3) is 0 Å². The van der Waals surface area contributed by atoms with Gasteiger partial charge < -0.3 is 4.74 Å². The molecule has 1 saturated heterocycles. The van der Waals surface area contributed by atoms with E-state index in [1.54, 1.807) is 7.11 Å². The van der Waals surface area contributed by atoms with E-state index in [-0.39, 0.29) is 9.79 Å². The summed E-state index contributed by atoms with van der Waals surface area (Å²) in [6, 6.07) is 5.41. The minimum atomic E-state index is -3.63. The molecule has 0 unspecified atom stereocenters. The van der Waals surface area contributed by atoms with Gasteiger partial charge in [-0.15, -0.1) is 0 Å². The summed E-state index contributed by atoms with van der Waals surface area (Å²) >= 11 is 0. The number of nitrogens with one attached hydrogen (secondary N) is 1. The Morgan fingerprint density at radius 1 is 0.960 bits per heavy atom. The molecule has 1 fully saturated rings. The summed E-state index contributed by atoms with van der Waals surface area (Å²) in [6.07, 6.45) is 4.21. The lowest BCUT2D eigenvalue weighted by Crippen LogP contribution is -2.35. The van der Waals surface area contributed by atoms with Crippen LogP contribution in [0, 0.1) is 0 Å².